The molecule has 0 aliphatic carbocycles. The van der Waals surface area contributed by atoms with Crippen LogP contribution in [0.1, 0.15) is 95.0 Å². The van der Waals surface area contributed by atoms with Crippen molar-refractivity contribution >= 4 is 22.8 Å². The number of carbonyl (C=O) groups excluding carboxylic acids is 2. The smallest absolute Gasteiger partial charge is 0.347 e. The van der Waals surface area contributed by atoms with Crippen LogP contribution in [0, 0.1) is 6.92 Å². The van der Waals surface area contributed by atoms with Crippen molar-refractivity contribution < 1.29 is 23.8 Å². The van der Waals surface area contributed by atoms with E-state index < -0.39 is 6.10 Å². The van der Waals surface area contributed by atoms with E-state index in [1.165, 1.54) is 43.9 Å². The highest BCUT2D eigenvalue weighted by molar-refractivity contribution is 8.14. The summed E-state index contributed by atoms with van der Waals surface area (Å²) in [5, 5.41) is -0.0288. The molecule has 3 rings (SSSR count). The fraction of sp³-hybridized carbons (Fsp3) is 0.444. The Balaban J connectivity index is 1.50. The minimum Gasteiger partial charge on any atom is -0.494 e. The molecule has 226 valence electrons. The molecule has 0 aliphatic rings. The van der Waals surface area contributed by atoms with E-state index in [-0.39, 0.29) is 17.2 Å². The Bertz CT molecular complexity index is 1250. The van der Waals surface area contributed by atoms with E-state index in [2.05, 4.69) is 19.1 Å². The molecule has 0 spiro atoms. The molecule has 6 heteroatoms. The summed E-state index contributed by atoms with van der Waals surface area (Å²) in [6.45, 7) is 10.6. The van der Waals surface area contributed by atoms with E-state index in [0.29, 0.717) is 11.3 Å². The van der Waals surface area contributed by atoms with Gasteiger partial charge in [0.2, 0.25) is 5.12 Å². The van der Waals surface area contributed by atoms with Gasteiger partial charge in [-0.15, -0.1) is 0 Å². The lowest BCUT2D eigenvalue weighted by Crippen LogP contribution is -2.29. The number of hydrogen-bond acceptors (Lipinski definition) is 6. The van der Waals surface area contributed by atoms with Crippen molar-refractivity contribution in [2.75, 3.05) is 6.61 Å². The lowest BCUT2D eigenvalue weighted by Gasteiger charge is -2.19. The molecule has 0 saturated heterocycles. The fourth-order valence-electron chi connectivity index (χ4n) is 4.55. The normalized spacial score (nSPS) is 11.8. The van der Waals surface area contributed by atoms with E-state index in [0.717, 1.165) is 53.2 Å². The average molecular weight is 591 g/mol. The van der Waals surface area contributed by atoms with E-state index >= 15 is 0 Å². The van der Waals surface area contributed by atoms with Crippen molar-refractivity contribution in [3.05, 3.63) is 77.9 Å². The molecule has 0 fully saturated rings. The highest BCUT2D eigenvalue weighted by Gasteiger charge is 2.20. The van der Waals surface area contributed by atoms with Gasteiger partial charge in [-0.3, -0.25) is 4.79 Å². The van der Waals surface area contributed by atoms with E-state index in [1.54, 1.807) is 13.0 Å². The first-order chi connectivity index (χ1) is 20.3. The van der Waals surface area contributed by atoms with Gasteiger partial charge in [0.15, 0.2) is 6.10 Å². The van der Waals surface area contributed by atoms with Crippen molar-refractivity contribution in [2.24, 2.45) is 0 Å². The van der Waals surface area contributed by atoms with Crippen molar-refractivity contribution in [2.45, 2.75) is 103 Å². The number of benzene rings is 3. The summed E-state index contributed by atoms with van der Waals surface area (Å²) >= 11 is 1.19. The lowest BCUT2D eigenvalue weighted by molar-refractivity contribution is -0.157. The molecule has 1 unspecified atom stereocenters. The quantitative estimate of drug-likeness (QED) is 0.0886. The molecule has 0 aromatic heterocycles. The molecular formula is C36H46O5S. The van der Waals surface area contributed by atoms with Gasteiger partial charge in [-0.2, -0.15) is 0 Å². The summed E-state index contributed by atoms with van der Waals surface area (Å²) in [5.74, 6) is 1.09. The molecule has 0 radical (unpaired) electrons. The van der Waals surface area contributed by atoms with Crippen LogP contribution in [0.2, 0.25) is 0 Å². The predicted octanol–water partition coefficient (Wildman–Crippen LogP) is 9.83. The van der Waals surface area contributed by atoms with Gasteiger partial charge in [0.1, 0.15) is 17.6 Å². The van der Waals surface area contributed by atoms with Crippen molar-refractivity contribution in [3.8, 4) is 22.6 Å². The van der Waals surface area contributed by atoms with Gasteiger partial charge in [-0.05, 0) is 104 Å². The molecule has 0 bridgehead atoms. The van der Waals surface area contributed by atoms with Crippen LogP contribution >= 0.6 is 11.8 Å². The van der Waals surface area contributed by atoms with Crippen LogP contribution in [-0.2, 0) is 9.53 Å². The summed E-state index contributed by atoms with van der Waals surface area (Å²) in [6.07, 6.45) is 8.24. The van der Waals surface area contributed by atoms with Crippen molar-refractivity contribution in [1.29, 1.82) is 0 Å². The molecule has 3 aromatic carbocycles. The highest BCUT2D eigenvalue weighted by Crippen LogP contribution is 2.30. The Kier molecular flexibility index (Phi) is 14.0. The molecule has 3 aromatic rings. The van der Waals surface area contributed by atoms with Gasteiger partial charge in [-0.1, -0.05) is 77.1 Å². The molecule has 0 amide bonds. The van der Waals surface area contributed by atoms with Crippen LogP contribution in [0.4, 0.5) is 0 Å². The van der Waals surface area contributed by atoms with E-state index in [1.807, 2.05) is 69.3 Å². The minimum atomic E-state index is -0.711. The van der Waals surface area contributed by atoms with Crippen LogP contribution in [0.3, 0.4) is 0 Å². The first kappa shape index (κ1) is 33.3. The van der Waals surface area contributed by atoms with Crippen LogP contribution in [-0.4, -0.2) is 29.9 Å². The van der Waals surface area contributed by atoms with Gasteiger partial charge >= 0.3 is 5.97 Å². The van der Waals surface area contributed by atoms with E-state index in [9.17, 15) is 9.59 Å². The van der Waals surface area contributed by atoms with Crippen LogP contribution < -0.4 is 9.47 Å². The maximum atomic E-state index is 13.0. The Labute approximate surface area is 256 Å². The Morgan fingerprint density at radius 2 is 1.36 bits per heavy atom. The number of aryl methyl sites for hydroxylation is 1. The highest BCUT2D eigenvalue weighted by atomic mass is 32.2. The number of thioether (sulfide) groups is 1. The third-order valence-corrected chi connectivity index (χ3v) is 8.36. The summed E-state index contributed by atoms with van der Waals surface area (Å²) < 4.78 is 17.2. The van der Waals surface area contributed by atoms with Gasteiger partial charge in [-0.25, -0.2) is 4.79 Å². The SMILES string of the molecule is CCCCCCCCOc1ccc(-c2ccc(C(=O)Sc3ccc(OC(C)C(=O)OC(CC)CC)cc3C)cc2)cc1. The van der Waals surface area contributed by atoms with Gasteiger partial charge in [0, 0.05) is 10.5 Å². The number of rotatable bonds is 17. The Hall–Kier alpha value is -3.25. The average Bonchev–Trinajstić information content (AvgIpc) is 3.01. The first-order valence-electron chi connectivity index (χ1n) is 15.4. The zero-order chi connectivity index (χ0) is 30.3. The number of carbonyl (C=O) groups is 2. The number of ether oxygens (including phenoxy) is 3. The summed E-state index contributed by atoms with van der Waals surface area (Å²) in [7, 11) is 0. The topological polar surface area (TPSA) is 61.8 Å². The Morgan fingerprint density at radius 1 is 0.762 bits per heavy atom. The number of esters is 1. The van der Waals surface area contributed by atoms with E-state index in [4.69, 9.17) is 14.2 Å². The standard InChI is InChI=1S/C36H46O5S/c1-6-9-10-11-12-13-24-39-32-20-18-29(19-21-32)28-14-16-30(17-15-28)36(38)42-34-23-22-33(25-26(34)4)40-27(5)35(37)41-31(7-2)8-3/h14-23,25,27,31H,6-13,24H2,1-5H3. The largest absolute Gasteiger partial charge is 0.494 e. The molecule has 0 aliphatic heterocycles. The van der Waals surface area contributed by atoms with Crippen molar-refractivity contribution in [1.82, 2.24) is 0 Å². The maximum absolute atomic E-state index is 13.0. The van der Waals surface area contributed by atoms with Gasteiger partial charge < -0.3 is 14.2 Å². The third-order valence-electron chi connectivity index (χ3n) is 7.26. The van der Waals surface area contributed by atoms with Crippen LogP contribution in [0.25, 0.3) is 11.1 Å². The van der Waals surface area contributed by atoms with Gasteiger partial charge in [0.25, 0.3) is 0 Å². The van der Waals surface area contributed by atoms with Crippen LogP contribution in [0.5, 0.6) is 11.5 Å². The van der Waals surface area contributed by atoms with Crippen molar-refractivity contribution in [3.63, 3.8) is 0 Å². The fourth-order valence-corrected chi connectivity index (χ4v) is 5.36. The first-order valence-corrected chi connectivity index (χ1v) is 16.2. The molecule has 42 heavy (non-hydrogen) atoms. The summed E-state index contributed by atoms with van der Waals surface area (Å²) in [4.78, 5) is 26.2. The second-order valence-corrected chi connectivity index (χ2v) is 11.7. The molecule has 0 saturated carbocycles. The van der Waals surface area contributed by atoms with Crippen LogP contribution in [0.15, 0.2) is 71.6 Å². The minimum absolute atomic E-state index is 0.0288. The number of unbranched alkanes of at least 4 members (excludes halogenated alkanes) is 5. The molecule has 0 N–H and O–H groups in total. The monoisotopic (exact) mass is 590 g/mol. The Morgan fingerprint density at radius 3 is 1.98 bits per heavy atom. The molecule has 5 nitrogen and oxygen atoms in total. The zero-order valence-electron chi connectivity index (χ0n) is 25.8. The molecule has 0 heterocycles. The second-order valence-electron chi connectivity index (χ2n) is 10.7. The lowest BCUT2D eigenvalue weighted by atomic mass is 10.0. The predicted molar refractivity (Wildman–Crippen MR) is 173 cm³/mol. The summed E-state index contributed by atoms with van der Waals surface area (Å²) in [6, 6.07) is 21.3. The number of hydrogen-bond donors (Lipinski definition) is 0. The van der Waals surface area contributed by atoms with Gasteiger partial charge in [0.05, 0.1) is 6.61 Å². The second kappa shape index (κ2) is 17.6. The molecular weight excluding hydrogens is 544 g/mol. The zero-order valence-corrected chi connectivity index (χ0v) is 26.6. The molecule has 1 atom stereocenters. The third kappa shape index (κ3) is 10.5. The summed E-state index contributed by atoms with van der Waals surface area (Å²) in [5.41, 5.74) is 3.67. The maximum Gasteiger partial charge on any atom is 0.347 e.